The van der Waals surface area contributed by atoms with Crippen molar-refractivity contribution in [3.63, 3.8) is 0 Å². The fraction of sp³-hybridized carbons (Fsp3) is 0.385. The molecule has 2 aliphatic heterocycles. The van der Waals surface area contributed by atoms with Crippen LogP contribution in [-0.4, -0.2) is 96.6 Å². The minimum absolute atomic E-state index is 0.0262. The zero-order chi connectivity index (χ0) is 28.3. The summed E-state index contributed by atoms with van der Waals surface area (Å²) in [4.78, 5) is 38.7. The lowest BCUT2D eigenvalue weighted by Gasteiger charge is -2.29. The van der Waals surface area contributed by atoms with E-state index in [4.69, 9.17) is 0 Å². The molecular weight excluding hydrogens is 506 g/mol. The molecule has 0 aromatic carbocycles. The molecule has 1 saturated heterocycles. The number of hydrogen-bond donors (Lipinski definition) is 2. The van der Waals surface area contributed by atoms with Crippen LogP contribution >= 0.6 is 0 Å². The average Bonchev–Trinajstić information content (AvgIpc) is 3.23. The Morgan fingerprint density at radius 2 is 1.90 bits per heavy atom. The van der Waals surface area contributed by atoms with Gasteiger partial charge in [0.05, 0.1) is 23.7 Å². The summed E-state index contributed by atoms with van der Waals surface area (Å²) in [5, 5.41) is 6.26. The Morgan fingerprint density at radius 3 is 2.46 bits per heavy atom. The molecule has 2 aromatic heterocycles. The number of carbonyl (C=O) groups excluding carboxylic acids is 1. The van der Waals surface area contributed by atoms with Crippen LogP contribution in [-0.2, 0) is 4.79 Å². The number of carbonyl (C=O) groups is 1. The topological polar surface area (TPSA) is 114 Å². The van der Waals surface area contributed by atoms with Crippen LogP contribution in [0.25, 0.3) is 5.70 Å². The smallest absolute Gasteiger partial charge is 0.273 e. The van der Waals surface area contributed by atoms with Crippen LogP contribution in [0.15, 0.2) is 51.6 Å². The number of hydrogen-bond acceptors (Lipinski definition) is 9. The van der Waals surface area contributed by atoms with Gasteiger partial charge in [0.25, 0.3) is 5.91 Å². The van der Waals surface area contributed by atoms with Crippen molar-refractivity contribution < 1.29 is 13.6 Å². The van der Waals surface area contributed by atoms with Crippen molar-refractivity contribution in [3.8, 4) is 0 Å². The first kappa shape index (κ1) is 27.8. The Balaban J connectivity index is 1.73. The first-order valence-corrected chi connectivity index (χ1v) is 12.5. The van der Waals surface area contributed by atoms with E-state index >= 15 is 8.78 Å². The van der Waals surface area contributed by atoms with Gasteiger partial charge in [-0.15, -0.1) is 0 Å². The Labute approximate surface area is 226 Å². The van der Waals surface area contributed by atoms with Crippen LogP contribution in [0.4, 0.5) is 26.2 Å². The van der Waals surface area contributed by atoms with Gasteiger partial charge in [-0.2, -0.15) is 0 Å². The monoisotopic (exact) mass is 538 g/mol. The fourth-order valence-corrected chi connectivity index (χ4v) is 4.44. The maximum absolute atomic E-state index is 16.0. The van der Waals surface area contributed by atoms with Gasteiger partial charge in [-0.3, -0.25) is 14.8 Å². The number of nitrogens with one attached hydrogen (secondary N) is 2. The highest BCUT2D eigenvalue weighted by Crippen LogP contribution is 2.39. The Kier molecular flexibility index (Phi) is 8.29. The standard InChI is InChI=1S/C26H32F2N10O/c1-15(2)38-23(25(39)36(5)6)20(28)19(24(38)30-4)22(29-3)21-17(27)14-33-26(35-21)34-18-8-7-16(13-32-18)37-11-9-31-10-12-37/h7-8,13-15,31H,3,9-12H2,1-2,4-6H3,(H,32,33,34,35)/b22-19-,30-24?. The van der Waals surface area contributed by atoms with Crippen molar-refractivity contribution >= 4 is 41.6 Å². The van der Waals surface area contributed by atoms with E-state index in [-0.39, 0.29) is 40.5 Å². The molecule has 13 heteroatoms. The Hall–Kier alpha value is -4.26. The van der Waals surface area contributed by atoms with Crippen LogP contribution in [0.1, 0.15) is 19.5 Å². The molecule has 0 radical (unpaired) electrons. The lowest BCUT2D eigenvalue weighted by molar-refractivity contribution is -0.126. The predicted molar refractivity (Wildman–Crippen MR) is 148 cm³/mol. The number of anilines is 3. The number of pyridine rings is 1. The summed E-state index contributed by atoms with van der Waals surface area (Å²) >= 11 is 0. The normalized spacial score (nSPS) is 18.2. The van der Waals surface area contributed by atoms with Crippen molar-refractivity contribution in [3.05, 3.63) is 53.1 Å². The van der Waals surface area contributed by atoms with Crippen molar-refractivity contribution in [2.75, 3.05) is 57.5 Å². The van der Waals surface area contributed by atoms with Gasteiger partial charge in [-0.05, 0) is 32.7 Å². The van der Waals surface area contributed by atoms with Gasteiger partial charge in [0.1, 0.15) is 28.7 Å². The van der Waals surface area contributed by atoms with Crippen molar-refractivity contribution in [2.24, 2.45) is 9.98 Å². The summed E-state index contributed by atoms with van der Waals surface area (Å²) in [6, 6.07) is 3.37. The Bertz CT molecular complexity index is 1350. The lowest BCUT2D eigenvalue weighted by Crippen LogP contribution is -2.43. The van der Waals surface area contributed by atoms with E-state index in [9.17, 15) is 4.79 Å². The summed E-state index contributed by atoms with van der Waals surface area (Å²) in [5.74, 6) is -1.71. The quantitative estimate of drug-likeness (QED) is 0.517. The van der Waals surface area contributed by atoms with Crippen molar-refractivity contribution in [1.82, 2.24) is 30.1 Å². The first-order chi connectivity index (χ1) is 18.7. The molecule has 11 nitrogen and oxygen atoms in total. The van der Waals surface area contributed by atoms with Gasteiger partial charge >= 0.3 is 0 Å². The van der Waals surface area contributed by atoms with E-state index in [1.807, 2.05) is 6.07 Å². The average molecular weight is 539 g/mol. The Morgan fingerprint density at radius 1 is 1.18 bits per heavy atom. The molecule has 0 aliphatic carbocycles. The third-order valence-corrected chi connectivity index (χ3v) is 6.29. The largest absolute Gasteiger partial charge is 0.368 e. The second-order valence-corrected chi connectivity index (χ2v) is 9.41. The molecule has 0 unspecified atom stereocenters. The highest BCUT2D eigenvalue weighted by Gasteiger charge is 2.42. The molecule has 39 heavy (non-hydrogen) atoms. The molecule has 0 atom stereocenters. The predicted octanol–water partition coefficient (Wildman–Crippen LogP) is 2.60. The van der Waals surface area contributed by atoms with Gasteiger partial charge in [0.2, 0.25) is 5.95 Å². The number of aliphatic imine (C=N–C) groups is 2. The van der Waals surface area contributed by atoms with Crippen LogP contribution in [0, 0.1) is 5.82 Å². The van der Waals surface area contributed by atoms with Gasteiger partial charge < -0.3 is 25.3 Å². The number of amidine groups is 1. The van der Waals surface area contributed by atoms with Crippen LogP contribution in [0.5, 0.6) is 0 Å². The minimum Gasteiger partial charge on any atom is -0.368 e. The van der Waals surface area contributed by atoms with Gasteiger partial charge in [-0.25, -0.2) is 23.7 Å². The highest BCUT2D eigenvalue weighted by molar-refractivity contribution is 6.17. The number of nitrogens with zero attached hydrogens (tertiary/aromatic N) is 8. The minimum atomic E-state index is -0.886. The maximum atomic E-state index is 16.0. The summed E-state index contributed by atoms with van der Waals surface area (Å²) in [5.41, 5.74) is 0.0962. The molecule has 2 aromatic rings. The molecule has 0 spiro atoms. The molecule has 1 fully saturated rings. The first-order valence-electron chi connectivity index (χ1n) is 12.5. The molecule has 1 amide bonds. The molecule has 0 bridgehead atoms. The molecule has 2 N–H and O–H groups in total. The molecule has 2 aliphatic rings. The number of rotatable bonds is 7. The van der Waals surface area contributed by atoms with E-state index in [0.29, 0.717) is 5.82 Å². The SMILES string of the molecule is C=N/C(=C1\C(=NC)N(C(C)C)C(C(=O)N(C)C)=C1F)c1nc(Nc2ccc(N3CCNCC3)cn2)ncc1F. The number of aromatic nitrogens is 3. The zero-order valence-corrected chi connectivity index (χ0v) is 22.7. The number of piperazine rings is 1. The third-order valence-electron chi connectivity index (χ3n) is 6.29. The van der Waals surface area contributed by atoms with E-state index in [2.05, 4.69) is 47.2 Å². The number of amides is 1. The number of likely N-dealkylation sites (N-methyl/N-ethyl adjacent to an activating group) is 1. The van der Waals surface area contributed by atoms with Crippen LogP contribution in [0.3, 0.4) is 0 Å². The highest BCUT2D eigenvalue weighted by atomic mass is 19.1. The summed E-state index contributed by atoms with van der Waals surface area (Å²) in [7, 11) is 4.50. The van der Waals surface area contributed by atoms with Gasteiger partial charge in [0.15, 0.2) is 11.6 Å². The molecule has 206 valence electrons. The molecule has 0 saturated carbocycles. The van der Waals surface area contributed by atoms with Gasteiger partial charge in [-0.1, -0.05) is 0 Å². The summed E-state index contributed by atoms with van der Waals surface area (Å²) in [6.07, 6.45) is 2.69. The molecule has 4 heterocycles. The third kappa shape index (κ3) is 5.48. The summed E-state index contributed by atoms with van der Waals surface area (Å²) in [6.45, 7) is 10.7. The van der Waals surface area contributed by atoms with E-state index in [1.165, 1.54) is 30.9 Å². The van der Waals surface area contributed by atoms with Crippen LogP contribution in [0.2, 0.25) is 0 Å². The van der Waals surface area contributed by atoms with E-state index in [1.54, 1.807) is 26.1 Å². The fourth-order valence-electron chi connectivity index (χ4n) is 4.44. The van der Waals surface area contributed by atoms with Crippen molar-refractivity contribution in [1.29, 1.82) is 0 Å². The maximum Gasteiger partial charge on any atom is 0.273 e. The molecular formula is C26H32F2N10O. The van der Waals surface area contributed by atoms with E-state index < -0.39 is 17.6 Å². The second kappa shape index (κ2) is 11.6. The van der Waals surface area contributed by atoms with Gasteiger partial charge in [0, 0.05) is 53.4 Å². The lowest BCUT2D eigenvalue weighted by atomic mass is 10.1. The van der Waals surface area contributed by atoms with Crippen LogP contribution < -0.4 is 15.5 Å². The second-order valence-electron chi connectivity index (χ2n) is 9.41. The zero-order valence-electron chi connectivity index (χ0n) is 22.7. The van der Waals surface area contributed by atoms with E-state index in [0.717, 1.165) is 38.1 Å². The number of halogens is 2. The van der Waals surface area contributed by atoms with Crippen molar-refractivity contribution in [2.45, 2.75) is 19.9 Å². The molecule has 4 rings (SSSR count). The summed E-state index contributed by atoms with van der Waals surface area (Å²) < 4.78 is 31.1.